The third-order valence-electron chi connectivity index (χ3n) is 2.54. The van der Waals surface area contributed by atoms with E-state index in [4.69, 9.17) is 11.5 Å². The minimum Gasteiger partial charge on any atom is -0.397 e. The molecule has 0 aromatic heterocycles. The number of carbonyl (C=O) groups is 1. The Kier molecular flexibility index (Phi) is 3.99. The predicted octanol–water partition coefficient (Wildman–Crippen LogP) is 2.22. The topological polar surface area (TPSA) is 81.1 Å². The fourth-order valence-corrected chi connectivity index (χ4v) is 1.54. The molecular formula is C13H21N3O. The van der Waals surface area contributed by atoms with Crippen LogP contribution in [-0.2, 0) is 0 Å². The zero-order chi connectivity index (χ0) is 13.1. The second-order valence-electron chi connectivity index (χ2n) is 5.37. The molecule has 5 N–H and O–H groups in total. The van der Waals surface area contributed by atoms with Crippen molar-refractivity contribution in [3.8, 4) is 0 Å². The van der Waals surface area contributed by atoms with E-state index < -0.39 is 5.91 Å². The lowest BCUT2D eigenvalue weighted by atomic mass is 9.92. The van der Waals surface area contributed by atoms with Gasteiger partial charge in [-0.1, -0.05) is 26.8 Å². The van der Waals surface area contributed by atoms with Crippen LogP contribution in [0.1, 0.15) is 37.6 Å². The second-order valence-corrected chi connectivity index (χ2v) is 5.37. The molecule has 0 heterocycles. The van der Waals surface area contributed by atoms with Gasteiger partial charge in [0.1, 0.15) is 0 Å². The van der Waals surface area contributed by atoms with Gasteiger partial charge >= 0.3 is 0 Å². The summed E-state index contributed by atoms with van der Waals surface area (Å²) in [6, 6.07) is 5.16. The van der Waals surface area contributed by atoms with Crippen LogP contribution in [0.5, 0.6) is 0 Å². The Morgan fingerprint density at radius 1 is 1.35 bits per heavy atom. The fourth-order valence-electron chi connectivity index (χ4n) is 1.54. The van der Waals surface area contributed by atoms with Crippen LogP contribution in [0.25, 0.3) is 0 Å². The largest absolute Gasteiger partial charge is 0.397 e. The predicted molar refractivity (Wildman–Crippen MR) is 71.9 cm³/mol. The molecule has 0 bridgehead atoms. The molecule has 0 spiro atoms. The van der Waals surface area contributed by atoms with Gasteiger partial charge in [-0.05, 0) is 24.0 Å². The van der Waals surface area contributed by atoms with E-state index >= 15 is 0 Å². The van der Waals surface area contributed by atoms with Crippen molar-refractivity contribution < 1.29 is 4.79 Å². The molecule has 17 heavy (non-hydrogen) atoms. The summed E-state index contributed by atoms with van der Waals surface area (Å²) < 4.78 is 0. The number of nitrogen functional groups attached to an aromatic ring is 1. The molecular weight excluding hydrogens is 214 g/mol. The molecule has 0 saturated heterocycles. The number of nitrogens with two attached hydrogens (primary N) is 2. The summed E-state index contributed by atoms with van der Waals surface area (Å²) in [4.78, 5) is 11.3. The minimum atomic E-state index is -0.462. The van der Waals surface area contributed by atoms with E-state index in [2.05, 4.69) is 26.1 Å². The number of benzene rings is 1. The minimum absolute atomic E-state index is 0.240. The van der Waals surface area contributed by atoms with Gasteiger partial charge in [-0.3, -0.25) is 4.79 Å². The molecule has 1 amide bonds. The summed E-state index contributed by atoms with van der Waals surface area (Å²) in [5.41, 5.74) is 13.0. The van der Waals surface area contributed by atoms with Crippen LogP contribution in [0.4, 0.5) is 11.4 Å². The lowest BCUT2D eigenvalue weighted by Crippen LogP contribution is -2.18. The van der Waals surface area contributed by atoms with E-state index in [9.17, 15) is 4.79 Å². The Balaban J connectivity index is 2.79. The van der Waals surface area contributed by atoms with E-state index in [0.717, 1.165) is 13.0 Å². The van der Waals surface area contributed by atoms with Gasteiger partial charge in [0.25, 0.3) is 5.91 Å². The normalized spacial score (nSPS) is 11.2. The number of hydrogen-bond donors (Lipinski definition) is 3. The first-order chi connectivity index (χ1) is 7.81. The van der Waals surface area contributed by atoms with Crippen LogP contribution in [0.2, 0.25) is 0 Å². The molecule has 0 saturated carbocycles. The molecule has 0 aliphatic carbocycles. The number of hydrogen-bond acceptors (Lipinski definition) is 3. The maximum absolute atomic E-state index is 11.3. The lowest BCUT2D eigenvalue weighted by Gasteiger charge is -2.20. The zero-order valence-corrected chi connectivity index (χ0v) is 10.7. The van der Waals surface area contributed by atoms with Gasteiger partial charge in [-0.25, -0.2) is 0 Å². The molecule has 0 aliphatic heterocycles. The number of amides is 1. The van der Waals surface area contributed by atoms with Crippen molar-refractivity contribution in [2.45, 2.75) is 27.2 Å². The third kappa shape index (κ3) is 3.98. The van der Waals surface area contributed by atoms with Crippen molar-refractivity contribution in [3.63, 3.8) is 0 Å². The summed E-state index contributed by atoms with van der Waals surface area (Å²) in [5, 5.41) is 3.19. The van der Waals surface area contributed by atoms with Crippen LogP contribution in [0, 0.1) is 5.41 Å². The first-order valence-electron chi connectivity index (χ1n) is 5.73. The van der Waals surface area contributed by atoms with Crippen LogP contribution >= 0.6 is 0 Å². The summed E-state index contributed by atoms with van der Waals surface area (Å²) >= 11 is 0. The van der Waals surface area contributed by atoms with Gasteiger partial charge in [0.2, 0.25) is 0 Å². The Labute approximate surface area is 102 Å². The van der Waals surface area contributed by atoms with Crippen molar-refractivity contribution in [2.24, 2.45) is 11.1 Å². The zero-order valence-electron chi connectivity index (χ0n) is 10.7. The summed E-state index contributed by atoms with van der Waals surface area (Å²) in [5.74, 6) is -0.462. The smallest absolute Gasteiger partial charge is 0.250 e. The molecule has 1 rings (SSSR count). The number of anilines is 2. The molecule has 1 aromatic rings. The Morgan fingerprint density at radius 3 is 2.53 bits per heavy atom. The Bertz CT molecular complexity index is 408. The maximum atomic E-state index is 11.3. The molecule has 94 valence electrons. The van der Waals surface area contributed by atoms with Crippen molar-refractivity contribution >= 4 is 17.3 Å². The van der Waals surface area contributed by atoms with Crippen LogP contribution in [0.15, 0.2) is 18.2 Å². The van der Waals surface area contributed by atoms with Crippen molar-refractivity contribution in [2.75, 3.05) is 17.6 Å². The molecule has 0 aliphatic rings. The van der Waals surface area contributed by atoms with Gasteiger partial charge in [0, 0.05) is 6.54 Å². The fraction of sp³-hybridized carbons (Fsp3) is 0.462. The molecule has 4 nitrogen and oxygen atoms in total. The Hall–Kier alpha value is -1.71. The van der Waals surface area contributed by atoms with Crippen LogP contribution in [-0.4, -0.2) is 12.5 Å². The number of rotatable bonds is 4. The quantitative estimate of drug-likeness (QED) is 0.700. The summed E-state index contributed by atoms with van der Waals surface area (Å²) in [6.07, 6.45) is 0.986. The first-order valence-corrected chi connectivity index (χ1v) is 5.73. The molecule has 0 radical (unpaired) electrons. The highest BCUT2D eigenvalue weighted by atomic mass is 16.1. The summed E-state index contributed by atoms with van der Waals surface area (Å²) in [6.45, 7) is 7.26. The van der Waals surface area contributed by atoms with Gasteiger partial charge in [0.05, 0.1) is 16.9 Å². The van der Waals surface area contributed by atoms with E-state index in [1.807, 2.05) is 0 Å². The third-order valence-corrected chi connectivity index (χ3v) is 2.54. The van der Waals surface area contributed by atoms with Crippen molar-refractivity contribution in [1.29, 1.82) is 0 Å². The van der Waals surface area contributed by atoms with Crippen molar-refractivity contribution in [1.82, 2.24) is 0 Å². The van der Waals surface area contributed by atoms with E-state index in [0.29, 0.717) is 16.9 Å². The van der Waals surface area contributed by atoms with Crippen LogP contribution in [0.3, 0.4) is 0 Å². The van der Waals surface area contributed by atoms with E-state index in [1.165, 1.54) is 0 Å². The molecule has 0 fully saturated rings. The van der Waals surface area contributed by atoms with Crippen molar-refractivity contribution in [3.05, 3.63) is 23.8 Å². The molecule has 0 unspecified atom stereocenters. The van der Waals surface area contributed by atoms with E-state index in [-0.39, 0.29) is 5.41 Å². The molecule has 0 atom stereocenters. The Morgan fingerprint density at radius 2 is 2.00 bits per heavy atom. The molecule has 4 heteroatoms. The highest BCUT2D eigenvalue weighted by Crippen LogP contribution is 2.24. The number of primary amides is 1. The van der Waals surface area contributed by atoms with Crippen LogP contribution < -0.4 is 16.8 Å². The maximum Gasteiger partial charge on any atom is 0.250 e. The highest BCUT2D eigenvalue weighted by molar-refractivity contribution is 6.01. The average molecular weight is 235 g/mol. The lowest BCUT2D eigenvalue weighted by molar-refractivity contribution is 0.100. The van der Waals surface area contributed by atoms with E-state index in [1.54, 1.807) is 18.2 Å². The number of para-hydroxylation sites is 1. The van der Waals surface area contributed by atoms with Gasteiger partial charge in [0.15, 0.2) is 0 Å². The average Bonchev–Trinajstić information content (AvgIpc) is 2.18. The van der Waals surface area contributed by atoms with Gasteiger partial charge < -0.3 is 16.8 Å². The first kappa shape index (κ1) is 13.4. The SMILES string of the molecule is CC(C)(C)CCNc1c(N)cccc1C(N)=O. The second kappa shape index (κ2) is 5.08. The van der Waals surface area contributed by atoms with Gasteiger partial charge in [-0.2, -0.15) is 0 Å². The number of carbonyl (C=O) groups excluding carboxylic acids is 1. The standard InChI is InChI=1S/C13H21N3O/c1-13(2,3)7-8-16-11-9(12(15)17)5-4-6-10(11)14/h4-6,16H,7-8,14H2,1-3H3,(H2,15,17). The highest BCUT2D eigenvalue weighted by Gasteiger charge is 2.13. The van der Waals surface area contributed by atoms with Gasteiger partial charge in [-0.15, -0.1) is 0 Å². The molecule has 1 aromatic carbocycles. The monoisotopic (exact) mass is 235 g/mol. The summed E-state index contributed by atoms with van der Waals surface area (Å²) in [7, 11) is 0. The number of nitrogens with one attached hydrogen (secondary N) is 1.